The average Bonchev–Trinajstić information content (AvgIpc) is 2.33. The average molecular weight is 240 g/mol. The number of rotatable bonds is 3. The van der Waals surface area contributed by atoms with Crippen molar-refractivity contribution in [2.75, 3.05) is 26.3 Å². The maximum atomic E-state index is 11.9. The van der Waals surface area contributed by atoms with E-state index >= 15 is 0 Å². The van der Waals surface area contributed by atoms with Crippen molar-refractivity contribution < 1.29 is 9.53 Å². The van der Waals surface area contributed by atoms with Gasteiger partial charge in [-0.3, -0.25) is 4.79 Å². The Balaban J connectivity index is 1.72. The topological polar surface area (TPSA) is 50.4 Å². The van der Waals surface area contributed by atoms with Crippen LogP contribution in [-0.2, 0) is 9.53 Å². The molecule has 2 rings (SSSR count). The lowest BCUT2D eigenvalue weighted by Gasteiger charge is -2.31. The molecule has 2 atom stereocenters. The molecule has 2 aliphatic rings. The molecule has 0 aromatic heterocycles. The van der Waals surface area contributed by atoms with Crippen LogP contribution < -0.4 is 10.6 Å². The van der Waals surface area contributed by atoms with E-state index in [1.54, 1.807) is 0 Å². The molecule has 4 nitrogen and oxygen atoms in total. The van der Waals surface area contributed by atoms with Gasteiger partial charge >= 0.3 is 0 Å². The zero-order valence-electron chi connectivity index (χ0n) is 10.7. The Morgan fingerprint density at radius 3 is 2.82 bits per heavy atom. The lowest BCUT2D eigenvalue weighted by Crippen LogP contribution is -2.50. The highest BCUT2D eigenvalue weighted by molar-refractivity contribution is 5.76. The van der Waals surface area contributed by atoms with E-state index in [0.29, 0.717) is 24.3 Å². The molecule has 2 aliphatic heterocycles. The Morgan fingerprint density at radius 2 is 2.12 bits per heavy atom. The smallest absolute Gasteiger partial charge is 0.220 e. The second-order valence-corrected chi connectivity index (χ2v) is 5.40. The molecule has 2 N–H and O–H groups in total. The zero-order chi connectivity index (χ0) is 12.1. The van der Waals surface area contributed by atoms with Gasteiger partial charge in [0.1, 0.15) is 0 Å². The third-order valence-corrected chi connectivity index (χ3v) is 3.99. The van der Waals surface area contributed by atoms with Gasteiger partial charge in [-0.05, 0) is 37.6 Å². The Labute approximate surface area is 103 Å². The molecule has 2 saturated heterocycles. The molecule has 0 aromatic rings. The number of nitrogens with one attached hydrogen (secondary N) is 2. The normalized spacial score (nSPS) is 31.1. The maximum Gasteiger partial charge on any atom is 0.220 e. The van der Waals surface area contributed by atoms with Gasteiger partial charge in [0.25, 0.3) is 0 Å². The minimum Gasteiger partial charge on any atom is -0.381 e. The van der Waals surface area contributed by atoms with Gasteiger partial charge in [-0.25, -0.2) is 0 Å². The fraction of sp³-hybridized carbons (Fsp3) is 0.923. The number of ether oxygens (including phenoxy) is 1. The summed E-state index contributed by atoms with van der Waals surface area (Å²) in [5.41, 5.74) is 0. The molecule has 2 fully saturated rings. The Kier molecular flexibility index (Phi) is 4.80. The molecule has 2 unspecified atom stereocenters. The lowest BCUT2D eigenvalue weighted by atomic mass is 9.93. The SMILES string of the molecule is CC1CCNCC1NC(=O)CC1CCOCC1. The van der Waals surface area contributed by atoms with Gasteiger partial charge in [0.15, 0.2) is 0 Å². The fourth-order valence-corrected chi connectivity index (χ4v) is 2.66. The molecular formula is C13H24N2O2. The Hall–Kier alpha value is -0.610. The van der Waals surface area contributed by atoms with Crippen LogP contribution in [0.2, 0.25) is 0 Å². The number of carbonyl (C=O) groups excluding carboxylic acids is 1. The van der Waals surface area contributed by atoms with Crippen LogP contribution in [0.3, 0.4) is 0 Å². The standard InChI is InChI=1S/C13H24N2O2/c1-10-2-5-14-9-12(10)15-13(16)8-11-3-6-17-7-4-11/h10-12,14H,2-9H2,1H3,(H,15,16). The second-order valence-electron chi connectivity index (χ2n) is 5.40. The van der Waals surface area contributed by atoms with Crippen molar-refractivity contribution in [1.29, 1.82) is 0 Å². The predicted octanol–water partition coefficient (Wildman–Crippen LogP) is 0.917. The Morgan fingerprint density at radius 1 is 1.35 bits per heavy atom. The minimum absolute atomic E-state index is 0.220. The van der Waals surface area contributed by atoms with Crippen molar-refractivity contribution in [3.63, 3.8) is 0 Å². The van der Waals surface area contributed by atoms with E-state index in [1.165, 1.54) is 0 Å². The van der Waals surface area contributed by atoms with Gasteiger partial charge < -0.3 is 15.4 Å². The van der Waals surface area contributed by atoms with Crippen LogP contribution >= 0.6 is 0 Å². The highest BCUT2D eigenvalue weighted by atomic mass is 16.5. The van der Waals surface area contributed by atoms with Crippen molar-refractivity contribution in [2.45, 2.75) is 38.6 Å². The third kappa shape index (κ3) is 3.96. The highest BCUT2D eigenvalue weighted by Gasteiger charge is 2.24. The molecule has 2 heterocycles. The number of hydrogen-bond donors (Lipinski definition) is 2. The number of amides is 1. The van der Waals surface area contributed by atoms with E-state index in [1.807, 2.05) is 0 Å². The van der Waals surface area contributed by atoms with E-state index in [9.17, 15) is 4.79 Å². The second kappa shape index (κ2) is 6.36. The van der Waals surface area contributed by atoms with Crippen LogP contribution in [-0.4, -0.2) is 38.3 Å². The molecule has 4 heteroatoms. The minimum atomic E-state index is 0.220. The van der Waals surface area contributed by atoms with Gasteiger partial charge in [-0.1, -0.05) is 6.92 Å². The highest BCUT2D eigenvalue weighted by Crippen LogP contribution is 2.19. The summed E-state index contributed by atoms with van der Waals surface area (Å²) in [5.74, 6) is 1.34. The first-order valence-electron chi connectivity index (χ1n) is 6.83. The zero-order valence-corrected chi connectivity index (χ0v) is 10.7. The van der Waals surface area contributed by atoms with Gasteiger partial charge in [-0.15, -0.1) is 0 Å². The predicted molar refractivity (Wildman–Crippen MR) is 66.7 cm³/mol. The monoisotopic (exact) mass is 240 g/mol. The first-order chi connectivity index (χ1) is 8.25. The molecule has 0 spiro atoms. The molecular weight excluding hydrogens is 216 g/mol. The van der Waals surface area contributed by atoms with Gasteiger partial charge in [0.2, 0.25) is 5.91 Å². The van der Waals surface area contributed by atoms with E-state index < -0.39 is 0 Å². The summed E-state index contributed by atoms with van der Waals surface area (Å²) in [7, 11) is 0. The number of piperidine rings is 1. The molecule has 0 aromatic carbocycles. The van der Waals surface area contributed by atoms with Crippen LogP contribution in [0, 0.1) is 11.8 Å². The van der Waals surface area contributed by atoms with Gasteiger partial charge in [0.05, 0.1) is 0 Å². The van der Waals surface area contributed by atoms with Gasteiger partial charge in [-0.2, -0.15) is 0 Å². The molecule has 0 aliphatic carbocycles. The van der Waals surface area contributed by atoms with E-state index in [-0.39, 0.29) is 5.91 Å². The summed E-state index contributed by atoms with van der Waals surface area (Å²) in [5, 5.41) is 6.51. The van der Waals surface area contributed by atoms with Crippen LogP contribution in [0.15, 0.2) is 0 Å². The first kappa shape index (κ1) is 12.8. The quantitative estimate of drug-likeness (QED) is 0.771. The van der Waals surface area contributed by atoms with Crippen molar-refractivity contribution in [3.05, 3.63) is 0 Å². The number of hydrogen-bond acceptors (Lipinski definition) is 3. The third-order valence-electron chi connectivity index (χ3n) is 3.99. The van der Waals surface area contributed by atoms with Crippen LogP contribution in [0.1, 0.15) is 32.6 Å². The van der Waals surface area contributed by atoms with E-state index in [4.69, 9.17) is 4.74 Å². The maximum absolute atomic E-state index is 11.9. The summed E-state index contributed by atoms with van der Waals surface area (Å²) in [4.78, 5) is 11.9. The summed E-state index contributed by atoms with van der Waals surface area (Å²) in [6.45, 7) is 5.85. The molecule has 0 saturated carbocycles. The van der Waals surface area contributed by atoms with Crippen LogP contribution in [0.4, 0.5) is 0 Å². The van der Waals surface area contributed by atoms with Crippen molar-refractivity contribution in [2.24, 2.45) is 11.8 Å². The summed E-state index contributed by atoms with van der Waals surface area (Å²) >= 11 is 0. The van der Waals surface area contributed by atoms with Crippen molar-refractivity contribution >= 4 is 5.91 Å². The van der Waals surface area contributed by atoms with Gasteiger partial charge in [0, 0.05) is 32.2 Å². The van der Waals surface area contributed by atoms with Crippen molar-refractivity contribution in [1.82, 2.24) is 10.6 Å². The lowest BCUT2D eigenvalue weighted by molar-refractivity contribution is -0.123. The molecule has 17 heavy (non-hydrogen) atoms. The molecule has 0 bridgehead atoms. The summed E-state index contributed by atoms with van der Waals surface area (Å²) in [6, 6.07) is 0.316. The van der Waals surface area contributed by atoms with E-state index in [2.05, 4.69) is 17.6 Å². The summed E-state index contributed by atoms with van der Waals surface area (Å²) < 4.78 is 5.31. The van der Waals surface area contributed by atoms with Crippen molar-refractivity contribution in [3.8, 4) is 0 Å². The van der Waals surface area contributed by atoms with E-state index in [0.717, 1.165) is 45.6 Å². The van der Waals surface area contributed by atoms with Crippen LogP contribution in [0.25, 0.3) is 0 Å². The molecule has 98 valence electrons. The van der Waals surface area contributed by atoms with Crippen LogP contribution in [0.5, 0.6) is 0 Å². The molecule has 0 radical (unpaired) electrons. The molecule has 1 amide bonds. The largest absolute Gasteiger partial charge is 0.381 e. The number of carbonyl (C=O) groups is 1. The first-order valence-corrected chi connectivity index (χ1v) is 6.83. The summed E-state index contributed by atoms with van der Waals surface area (Å²) in [6.07, 6.45) is 3.90. The Bertz CT molecular complexity index is 252. The fourth-order valence-electron chi connectivity index (χ4n) is 2.66.